The van der Waals surface area contributed by atoms with Gasteiger partial charge in [-0.3, -0.25) is 0 Å². The first-order chi connectivity index (χ1) is 4.77. The zero-order valence-electron chi connectivity index (χ0n) is 5.89. The van der Waals surface area contributed by atoms with E-state index in [0.29, 0.717) is 12.8 Å². The minimum atomic E-state index is -1.16. The molecule has 1 unspecified atom stereocenters. The molecule has 54 valence electrons. The van der Waals surface area contributed by atoms with Crippen molar-refractivity contribution in [2.75, 3.05) is 0 Å². The summed E-state index contributed by atoms with van der Waals surface area (Å²) in [7, 11) is 0. The van der Waals surface area contributed by atoms with Crippen molar-refractivity contribution < 1.29 is 4.39 Å². The molecule has 0 spiro atoms. The van der Waals surface area contributed by atoms with Gasteiger partial charge in [-0.05, 0) is 6.08 Å². The van der Waals surface area contributed by atoms with Gasteiger partial charge in [0.2, 0.25) is 0 Å². The van der Waals surface area contributed by atoms with Crippen LogP contribution in [0.1, 0.15) is 12.8 Å². The maximum Gasteiger partial charge on any atom is 0.136 e. The smallest absolute Gasteiger partial charge is 0.136 e. The first-order valence-corrected chi connectivity index (χ1v) is 3.41. The van der Waals surface area contributed by atoms with Crippen LogP contribution in [0, 0.1) is 0 Å². The fraction of sp³-hybridized carbons (Fsp3) is 0.333. The van der Waals surface area contributed by atoms with Crippen LogP contribution in [-0.4, -0.2) is 5.67 Å². The average molecular weight is 138 g/mol. The van der Waals surface area contributed by atoms with Crippen molar-refractivity contribution in [2.24, 2.45) is 0 Å². The first-order valence-electron chi connectivity index (χ1n) is 3.41. The molecule has 0 aromatic heterocycles. The second kappa shape index (κ2) is 2.82. The SMILES string of the molecule is C=CCC1(F)C=CC=CC1. The summed E-state index contributed by atoms with van der Waals surface area (Å²) in [5.41, 5.74) is -1.16. The average Bonchev–Trinajstić information content (AvgIpc) is 1.89. The molecule has 0 aromatic carbocycles. The van der Waals surface area contributed by atoms with Crippen molar-refractivity contribution in [3.8, 4) is 0 Å². The van der Waals surface area contributed by atoms with Gasteiger partial charge in [-0.15, -0.1) is 6.58 Å². The van der Waals surface area contributed by atoms with Crippen molar-refractivity contribution in [1.82, 2.24) is 0 Å². The highest BCUT2D eigenvalue weighted by Gasteiger charge is 2.23. The summed E-state index contributed by atoms with van der Waals surface area (Å²) in [6, 6.07) is 0. The molecule has 0 N–H and O–H groups in total. The molecule has 0 saturated carbocycles. The Hall–Kier alpha value is -0.850. The predicted molar refractivity (Wildman–Crippen MR) is 41.6 cm³/mol. The van der Waals surface area contributed by atoms with Gasteiger partial charge in [0.15, 0.2) is 0 Å². The van der Waals surface area contributed by atoms with Crippen LogP contribution in [-0.2, 0) is 0 Å². The second-order valence-electron chi connectivity index (χ2n) is 2.52. The van der Waals surface area contributed by atoms with E-state index in [9.17, 15) is 4.39 Å². The summed E-state index contributed by atoms with van der Waals surface area (Å²) in [5, 5.41) is 0. The fourth-order valence-electron chi connectivity index (χ4n) is 1.03. The van der Waals surface area contributed by atoms with E-state index in [1.807, 2.05) is 12.2 Å². The Morgan fingerprint density at radius 3 is 2.90 bits per heavy atom. The minimum Gasteiger partial charge on any atom is -0.239 e. The molecule has 1 aliphatic rings. The second-order valence-corrected chi connectivity index (χ2v) is 2.52. The third-order valence-corrected chi connectivity index (χ3v) is 1.58. The van der Waals surface area contributed by atoms with Crippen LogP contribution in [0.5, 0.6) is 0 Å². The molecule has 0 aliphatic heterocycles. The maximum atomic E-state index is 13.4. The van der Waals surface area contributed by atoms with Crippen LogP contribution < -0.4 is 0 Å². The van der Waals surface area contributed by atoms with Gasteiger partial charge in [-0.1, -0.05) is 24.3 Å². The molecular formula is C9H11F. The Labute approximate surface area is 60.7 Å². The summed E-state index contributed by atoms with van der Waals surface area (Å²) in [6.07, 6.45) is 9.54. The lowest BCUT2D eigenvalue weighted by atomic mass is 9.94. The fourth-order valence-corrected chi connectivity index (χ4v) is 1.03. The van der Waals surface area contributed by atoms with Gasteiger partial charge in [0.25, 0.3) is 0 Å². The Morgan fingerprint density at radius 1 is 1.60 bits per heavy atom. The van der Waals surface area contributed by atoms with Crippen LogP contribution in [0.3, 0.4) is 0 Å². The number of hydrogen-bond donors (Lipinski definition) is 0. The van der Waals surface area contributed by atoms with Crippen LogP contribution in [0.4, 0.5) is 4.39 Å². The van der Waals surface area contributed by atoms with E-state index in [1.54, 1.807) is 18.2 Å². The van der Waals surface area contributed by atoms with E-state index in [0.717, 1.165) is 0 Å². The highest BCUT2D eigenvalue weighted by molar-refractivity contribution is 5.19. The summed E-state index contributed by atoms with van der Waals surface area (Å²) in [5.74, 6) is 0. The van der Waals surface area contributed by atoms with Gasteiger partial charge in [0, 0.05) is 12.8 Å². The molecular weight excluding hydrogens is 127 g/mol. The third-order valence-electron chi connectivity index (χ3n) is 1.58. The lowest BCUT2D eigenvalue weighted by Crippen LogP contribution is -2.18. The molecule has 0 fully saturated rings. The molecule has 1 aliphatic carbocycles. The van der Waals surface area contributed by atoms with Crippen LogP contribution in [0.15, 0.2) is 37.0 Å². The van der Waals surface area contributed by atoms with E-state index >= 15 is 0 Å². The normalized spacial score (nSPS) is 30.5. The number of allylic oxidation sites excluding steroid dienone is 5. The molecule has 0 aromatic rings. The van der Waals surface area contributed by atoms with Crippen LogP contribution >= 0.6 is 0 Å². The molecule has 10 heavy (non-hydrogen) atoms. The van der Waals surface area contributed by atoms with Gasteiger partial charge in [-0.25, -0.2) is 4.39 Å². The maximum absolute atomic E-state index is 13.4. The van der Waals surface area contributed by atoms with Crippen molar-refractivity contribution in [2.45, 2.75) is 18.5 Å². The first kappa shape index (κ1) is 7.26. The highest BCUT2D eigenvalue weighted by Crippen LogP contribution is 2.26. The highest BCUT2D eigenvalue weighted by atomic mass is 19.1. The van der Waals surface area contributed by atoms with E-state index in [4.69, 9.17) is 0 Å². The number of halogens is 1. The lowest BCUT2D eigenvalue weighted by Gasteiger charge is -2.19. The van der Waals surface area contributed by atoms with Crippen LogP contribution in [0.25, 0.3) is 0 Å². The van der Waals surface area contributed by atoms with Crippen molar-refractivity contribution in [1.29, 1.82) is 0 Å². The number of alkyl halides is 1. The summed E-state index contributed by atoms with van der Waals surface area (Å²) in [6.45, 7) is 3.50. The van der Waals surface area contributed by atoms with Crippen LogP contribution in [0.2, 0.25) is 0 Å². The van der Waals surface area contributed by atoms with E-state index in [1.165, 1.54) is 0 Å². The van der Waals surface area contributed by atoms with Gasteiger partial charge < -0.3 is 0 Å². The Bertz CT molecular complexity index is 175. The molecule has 0 amide bonds. The van der Waals surface area contributed by atoms with Gasteiger partial charge in [0.05, 0.1) is 0 Å². The molecule has 0 bridgehead atoms. The minimum absolute atomic E-state index is 0.411. The van der Waals surface area contributed by atoms with Gasteiger partial charge in [0.1, 0.15) is 5.67 Å². The van der Waals surface area contributed by atoms with Crippen molar-refractivity contribution >= 4 is 0 Å². The molecule has 0 nitrogen and oxygen atoms in total. The van der Waals surface area contributed by atoms with E-state index in [-0.39, 0.29) is 0 Å². The molecule has 1 rings (SSSR count). The monoisotopic (exact) mass is 138 g/mol. The lowest BCUT2D eigenvalue weighted by molar-refractivity contribution is 0.235. The molecule has 1 atom stereocenters. The molecule has 0 saturated heterocycles. The van der Waals surface area contributed by atoms with Crippen molar-refractivity contribution in [3.05, 3.63) is 37.0 Å². The Morgan fingerprint density at radius 2 is 2.40 bits per heavy atom. The summed E-state index contributed by atoms with van der Waals surface area (Å²) in [4.78, 5) is 0. The number of rotatable bonds is 2. The van der Waals surface area contributed by atoms with E-state index in [2.05, 4.69) is 6.58 Å². The van der Waals surface area contributed by atoms with Gasteiger partial charge in [-0.2, -0.15) is 0 Å². The quantitative estimate of drug-likeness (QED) is 0.515. The zero-order chi connectivity index (χ0) is 7.45. The largest absolute Gasteiger partial charge is 0.239 e. The van der Waals surface area contributed by atoms with E-state index < -0.39 is 5.67 Å². The summed E-state index contributed by atoms with van der Waals surface area (Å²) < 4.78 is 13.4. The molecule has 0 heterocycles. The third kappa shape index (κ3) is 1.56. The zero-order valence-corrected chi connectivity index (χ0v) is 5.89. The Kier molecular flexibility index (Phi) is 2.05. The van der Waals surface area contributed by atoms with Gasteiger partial charge >= 0.3 is 0 Å². The number of hydrogen-bond acceptors (Lipinski definition) is 0. The Balaban J connectivity index is 2.60. The van der Waals surface area contributed by atoms with Crippen molar-refractivity contribution in [3.63, 3.8) is 0 Å². The molecule has 0 radical (unpaired) electrons. The summed E-state index contributed by atoms with van der Waals surface area (Å²) >= 11 is 0. The topological polar surface area (TPSA) is 0 Å². The predicted octanol–water partition coefficient (Wildman–Crippen LogP) is 2.79. The standard InChI is InChI=1S/C9H11F/c1-2-6-9(10)7-4-3-5-8-9/h2-5,7H,1,6,8H2. The molecule has 1 heteroatoms.